The average Bonchev–Trinajstić information content (AvgIpc) is 2.90. The van der Waals surface area contributed by atoms with Gasteiger partial charge in [0, 0.05) is 38.8 Å². The van der Waals surface area contributed by atoms with E-state index in [9.17, 15) is 12.6 Å². The summed E-state index contributed by atoms with van der Waals surface area (Å²) in [5, 5.41) is 4.21. The molecule has 2 aromatic rings. The van der Waals surface area contributed by atoms with Gasteiger partial charge in [0.05, 0.1) is 18.1 Å². The van der Waals surface area contributed by atoms with Crippen LogP contribution in [0.4, 0.5) is 5.82 Å². The molecule has 0 radical (unpaired) electrons. The summed E-state index contributed by atoms with van der Waals surface area (Å²) in [5.41, 5.74) is 1.58. The molecule has 1 aromatic carbocycles. The van der Waals surface area contributed by atoms with Gasteiger partial charge in [-0.15, -0.1) is 0 Å². The van der Waals surface area contributed by atoms with Crippen molar-refractivity contribution in [1.82, 2.24) is 14.1 Å². The van der Waals surface area contributed by atoms with Crippen molar-refractivity contribution in [1.29, 1.82) is 0 Å². The number of rotatable bonds is 5. The number of nitrogens with one attached hydrogen (secondary N) is 1. The molecule has 0 bridgehead atoms. The highest BCUT2D eigenvalue weighted by molar-refractivity contribution is 8.02. The van der Waals surface area contributed by atoms with Crippen molar-refractivity contribution in [2.45, 2.75) is 17.9 Å². The maximum atomic E-state index is 13.3. The highest BCUT2D eigenvalue weighted by Crippen LogP contribution is 2.26. The molecule has 142 valence electrons. The number of anilines is 1. The largest absolute Gasteiger partial charge is 0.376 e. The zero-order valence-corrected chi connectivity index (χ0v) is 16.4. The molecule has 0 amide bonds. The monoisotopic (exact) mass is 399 g/mol. The van der Waals surface area contributed by atoms with Crippen LogP contribution in [0.2, 0.25) is 0 Å². The average molecular weight is 399 g/mol. The molecule has 1 aliphatic heterocycles. The zero-order valence-electron chi connectivity index (χ0n) is 14.7. The molecular formula is C15H21N5O4S2. The fourth-order valence-electron chi connectivity index (χ4n) is 2.68. The Morgan fingerprint density at radius 1 is 1.23 bits per heavy atom. The van der Waals surface area contributed by atoms with Gasteiger partial charge in [-0.05, 0) is 12.1 Å². The van der Waals surface area contributed by atoms with Gasteiger partial charge in [0.1, 0.15) is 0 Å². The van der Waals surface area contributed by atoms with E-state index in [0.717, 1.165) is 5.69 Å². The molecule has 0 saturated carbocycles. The Morgan fingerprint density at radius 3 is 2.58 bits per heavy atom. The molecule has 3 rings (SSSR count). The molecule has 1 aliphatic rings. The number of aryl methyl sites for hydroxylation is 1. The fraction of sp³-hybridized carbons (Fsp3) is 0.400. The topological polar surface area (TPSA) is 106 Å². The van der Waals surface area contributed by atoms with Crippen LogP contribution < -0.4 is 4.72 Å². The van der Waals surface area contributed by atoms with Crippen molar-refractivity contribution >= 4 is 25.9 Å². The van der Waals surface area contributed by atoms with Crippen LogP contribution in [-0.2, 0) is 44.9 Å². The molecule has 0 spiro atoms. The van der Waals surface area contributed by atoms with E-state index in [0.29, 0.717) is 23.5 Å². The van der Waals surface area contributed by atoms with Gasteiger partial charge in [-0.1, -0.05) is 22.0 Å². The van der Waals surface area contributed by atoms with Gasteiger partial charge in [-0.3, -0.25) is 4.68 Å². The van der Waals surface area contributed by atoms with Crippen LogP contribution >= 0.6 is 0 Å². The summed E-state index contributed by atoms with van der Waals surface area (Å²) in [5.74, 6) is 0.152. The molecule has 1 unspecified atom stereocenters. The van der Waals surface area contributed by atoms with Crippen LogP contribution in [0, 0.1) is 0 Å². The third kappa shape index (κ3) is 3.61. The first kappa shape index (κ1) is 18.8. The summed E-state index contributed by atoms with van der Waals surface area (Å²) in [4.78, 5) is 0.307. The predicted molar refractivity (Wildman–Crippen MR) is 98.1 cm³/mol. The maximum absolute atomic E-state index is 13.3. The van der Waals surface area contributed by atoms with Gasteiger partial charge in [0.15, 0.2) is 15.7 Å². The molecule has 0 aliphatic carbocycles. The highest BCUT2D eigenvalue weighted by atomic mass is 32.3. The Hall–Kier alpha value is -1.95. The minimum atomic E-state index is -4.28. The van der Waals surface area contributed by atoms with Crippen LogP contribution in [-0.4, -0.2) is 47.4 Å². The van der Waals surface area contributed by atoms with E-state index in [2.05, 4.69) is 13.6 Å². The molecule has 1 N–H and O–H groups in total. The second kappa shape index (κ2) is 6.99. The summed E-state index contributed by atoms with van der Waals surface area (Å²) in [7, 11) is -2.83. The van der Waals surface area contributed by atoms with E-state index < -0.39 is 20.1 Å². The number of aromatic nitrogens is 2. The van der Waals surface area contributed by atoms with Gasteiger partial charge in [-0.25, -0.2) is 13.2 Å². The molecule has 26 heavy (non-hydrogen) atoms. The fourth-order valence-corrected chi connectivity index (χ4v) is 6.12. The van der Waals surface area contributed by atoms with Crippen molar-refractivity contribution in [3.05, 3.63) is 41.6 Å². The molecule has 0 fully saturated rings. The van der Waals surface area contributed by atoms with Gasteiger partial charge in [-0.2, -0.15) is 13.5 Å². The molecule has 2 heterocycles. The van der Waals surface area contributed by atoms with Crippen molar-refractivity contribution < 1.29 is 17.4 Å². The first-order valence-electron chi connectivity index (χ1n) is 7.89. The molecule has 1 atom stereocenters. The minimum Gasteiger partial charge on any atom is -0.376 e. The van der Waals surface area contributed by atoms with Crippen LogP contribution in [0.1, 0.15) is 11.3 Å². The number of hydrogen-bond donors (Lipinski definition) is 1. The van der Waals surface area contributed by atoms with Gasteiger partial charge in [0.25, 0.3) is 0 Å². The number of hydrogen-bond acceptors (Lipinski definition) is 5. The number of ether oxygens (including phenoxy) is 1. The van der Waals surface area contributed by atoms with Crippen molar-refractivity contribution in [3.8, 4) is 0 Å². The van der Waals surface area contributed by atoms with E-state index in [4.69, 9.17) is 4.74 Å². The van der Waals surface area contributed by atoms with Crippen LogP contribution in [0.5, 0.6) is 0 Å². The normalized spacial score (nSPS) is 16.8. The molecule has 11 heteroatoms. The molecular weight excluding hydrogens is 378 g/mol. The third-order valence-corrected chi connectivity index (χ3v) is 7.90. The first-order valence-corrected chi connectivity index (χ1v) is 10.8. The van der Waals surface area contributed by atoms with Crippen molar-refractivity contribution in [3.63, 3.8) is 0 Å². The summed E-state index contributed by atoms with van der Waals surface area (Å²) >= 11 is 0. The van der Waals surface area contributed by atoms with Crippen molar-refractivity contribution in [2.24, 2.45) is 10.8 Å². The lowest BCUT2D eigenvalue weighted by molar-refractivity contribution is 0.109. The van der Waals surface area contributed by atoms with E-state index >= 15 is 0 Å². The Bertz CT molecular complexity index is 1020. The first-order chi connectivity index (χ1) is 12.2. The SMILES string of the molecule is CN(C)S(=O)(=NS(=O)(=O)Nc1nn(C)c2c1COCC2)c1ccccc1. The van der Waals surface area contributed by atoms with Gasteiger partial charge in [0.2, 0.25) is 0 Å². The number of nitrogens with zero attached hydrogens (tertiary/aromatic N) is 4. The Balaban J connectivity index is 2.03. The van der Waals surface area contributed by atoms with Crippen LogP contribution in [0.3, 0.4) is 0 Å². The molecule has 1 aromatic heterocycles. The van der Waals surface area contributed by atoms with Crippen molar-refractivity contribution in [2.75, 3.05) is 25.4 Å². The summed E-state index contributed by atoms with van der Waals surface area (Å²) < 4.78 is 52.8. The smallest absolute Gasteiger partial charge is 0.352 e. The second-order valence-electron chi connectivity index (χ2n) is 5.97. The quantitative estimate of drug-likeness (QED) is 0.812. The van der Waals surface area contributed by atoms with E-state index in [1.807, 2.05) is 0 Å². The van der Waals surface area contributed by atoms with E-state index in [-0.39, 0.29) is 12.4 Å². The van der Waals surface area contributed by atoms with E-state index in [1.54, 1.807) is 42.1 Å². The van der Waals surface area contributed by atoms with Gasteiger partial charge >= 0.3 is 10.2 Å². The Morgan fingerprint density at radius 2 is 1.92 bits per heavy atom. The summed E-state index contributed by atoms with van der Waals surface area (Å²) in [6.45, 7) is 0.828. The van der Waals surface area contributed by atoms with Gasteiger partial charge < -0.3 is 4.74 Å². The predicted octanol–water partition coefficient (Wildman–Crippen LogP) is 1.15. The Labute approximate surface area is 153 Å². The van der Waals surface area contributed by atoms with Crippen LogP contribution in [0.25, 0.3) is 0 Å². The zero-order chi connectivity index (χ0) is 18.9. The summed E-state index contributed by atoms with van der Waals surface area (Å²) in [6.07, 6.45) is 0.649. The maximum Gasteiger partial charge on any atom is 0.352 e. The number of fused-ring (bicyclic) bond motifs is 1. The molecule has 0 saturated heterocycles. The third-order valence-electron chi connectivity index (χ3n) is 3.97. The standard InChI is InChI=1S/C15H21N5O4S2/c1-19(2)25(21,12-7-5-4-6-8-12)18-26(22,23)17-15-13-11-24-10-9-14(13)20(3)16-15/h4-8H,9-11H2,1-3H3,(H,16,17). The summed E-state index contributed by atoms with van der Waals surface area (Å²) in [6, 6.07) is 8.28. The lowest BCUT2D eigenvalue weighted by Crippen LogP contribution is -2.25. The Kier molecular flexibility index (Phi) is 5.06. The number of benzene rings is 1. The minimum absolute atomic E-state index is 0.152. The second-order valence-corrected chi connectivity index (χ2v) is 9.92. The molecule has 9 nitrogen and oxygen atoms in total. The van der Waals surface area contributed by atoms with E-state index in [1.165, 1.54) is 18.4 Å². The lowest BCUT2D eigenvalue weighted by atomic mass is 10.1. The lowest BCUT2D eigenvalue weighted by Gasteiger charge is -2.17. The highest BCUT2D eigenvalue weighted by Gasteiger charge is 2.25. The van der Waals surface area contributed by atoms with Crippen LogP contribution in [0.15, 0.2) is 39.0 Å².